The number of alkyl halides is 2. The summed E-state index contributed by atoms with van der Waals surface area (Å²) in [4.78, 5) is 10.5. The van der Waals surface area contributed by atoms with E-state index in [1.165, 1.54) is 6.92 Å². The Balaban J connectivity index is 2.32. The van der Waals surface area contributed by atoms with Crippen molar-refractivity contribution in [3.05, 3.63) is 30.3 Å². The number of hydrogen-bond acceptors (Lipinski definition) is 3. The number of rotatable bonds is 8. The Kier molecular flexibility index (Phi) is 7.13. The first-order valence-electron chi connectivity index (χ1n) is 6.32. The molecule has 0 amide bonds. The molecule has 1 atom stereocenters. The number of carbonyl (C=O) groups excluding carboxylic acids is 1. The first kappa shape index (κ1) is 17.1. The molecule has 0 aromatic heterocycles. The van der Waals surface area contributed by atoms with Crippen LogP contribution in [0.5, 0.6) is 0 Å². The van der Waals surface area contributed by atoms with E-state index in [9.17, 15) is 13.6 Å². The maximum atomic E-state index is 13.7. The van der Waals surface area contributed by atoms with Crippen molar-refractivity contribution in [1.82, 2.24) is 0 Å². The van der Waals surface area contributed by atoms with Crippen molar-refractivity contribution in [3.63, 3.8) is 0 Å². The van der Waals surface area contributed by atoms with Crippen LogP contribution in [-0.4, -0.2) is 38.6 Å². The molecule has 0 aliphatic rings. The molecule has 0 heterocycles. The van der Waals surface area contributed by atoms with Gasteiger partial charge in [0.15, 0.2) is 0 Å². The van der Waals surface area contributed by atoms with Crippen molar-refractivity contribution in [1.29, 1.82) is 0 Å². The van der Waals surface area contributed by atoms with Crippen LogP contribution in [0.4, 0.5) is 8.78 Å². The molecule has 1 aromatic carbocycles. The molecule has 6 heteroatoms. The molecule has 1 rings (SSSR count). The van der Waals surface area contributed by atoms with Gasteiger partial charge in [0.25, 0.3) is 0 Å². The van der Waals surface area contributed by atoms with Crippen molar-refractivity contribution in [3.8, 4) is 0 Å². The van der Waals surface area contributed by atoms with Gasteiger partial charge in [-0.2, -0.15) is 0 Å². The molecule has 0 aliphatic carbocycles. The number of benzene rings is 1. The third kappa shape index (κ3) is 7.58. The fraction of sp³-hybridized carbons (Fsp3) is 0.500. The van der Waals surface area contributed by atoms with Crippen molar-refractivity contribution < 1.29 is 23.0 Å². The van der Waals surface area contributed by atoms with Gasteiger partial charge in [0.2, 0.25) is 0 Å². The Labute approximate surface area is 123 Å². The van der Waals surface area contributed by atoms with Gasteiger partial charge in [0.1, 0.15) is 0 Å². The molecule has 0 fully saturated rings. The summed E-state index contributed by atoms with van der Waals surface area (Å²) in [5.74, 6) is -0.365. The average Bonchev–Trinajstić information content (AvgIpc) is 2.34. The summed E-state index contributed by atoms with van der Waals surface area (Å²) in [7, 11) is 0. The van der Waals surface area contributed by atoms with Gasteiger partial charge in [0, 0.05) is 0 Å². The number of ether oxygens (including phenoxy) is 2. The summed E-state index contributed by atoms with van der Waals surface area (Å²) in [6.45, 7) is 3.15. The normalized spacial score (nSPS) is 13.0. The van der Waals surface area contributed by atoms with Crippen LogP contribution in [0.2, 0.25) is 0 Å². The first-order chi connectivity index (χ1) is 9.39. The van der Waals surface area contributed by atoms with Gasteiger partial charge in [-0.1, -0.05) is 0 Å². The third-order valence-corrected chi connectivity index (χ3v) is 4.14. The molecule has 0 saturated heterocycles. The predicted molar refractivity (Wildman–Crippen MR) is 73.2 cm³/mol. The zero-order valence-electron chi connectivity index (χ0n) is 11.5. The van der Waals surface area contributed by atoms with E-state index in [-0.39, 0.29) is 12.6 Å². The van der Waals surface area contributed by atoms with Crippen LogP contribution in [-0.2, 0) is 14.3 Å². The summed E-state index contributed by atoms with van der Waals surface area (Å²) in [5, 5.41) is -3.13. The van der Waals surface area contributed by atoms with E-state index in [2.05, 4.69) is 0 Å². The second-order valence-corrected chi connectivity index (χ2v) is 6.70. The van der Waals surface area contributed by atoms with Gasteiger partial charge in [0.05, 0.1) is 0 Å². The Morgan fingerprint density at radius 1 is 1.35 bits per heavy atom. The minimum atomic E-state index is -3.13. The Morgan fingerprint density at radius 2 is 2.00 bits per heavy atom. The Hall–Kier alpha value is -0.971. The zero-order valence-corrected chi connectivity index (χ0v) is 13.2. The summed E-state index contributed by atoms with van der Waals surface area (Å²) >= 11 is -1.06. The predicted octanol–water partition coefficient (Wildman–Crippen LogP) is 2.31. The van der Waals surface area contributed by atoms with Crippen LogP contribution >= 0.6 is 0 Å². The Morgan fingerprint density at radius 3 is 2.60 bits per heavy atom. The summed E-state index contributed by atoms with van der Waals surface area (Å²) in [6, 6.07) is 8.59. The monoisotopic (exact) mass is 352 g/mol. The quantitative estimate of drug-likeness (QED) is 0.410. The minimum absolute atomic E-state index is 0.235. The molecule has 3 nitrogen and oxygen atoms in total. The summed E-state index contributed by atoms with van der Waals surface area (Å²) in [6.07, 6.45) is 0.356. The molecule has 1 unspecified atom stereocenters. The molecule has 1 aromatic rings. The van der Waals surface area contributed by atoms with Crippen LogP contribution in [0, 0.1) is 0 Å². The Bertz CT molecular complexity index is 412. The van der Waals surface area contributed by atoms with Crippen LogP contribution in [0.15, 0.2) is 30.3 Å². The molecule has 112 valence electrons. The van der Waals surface area contributed by atoms with Crippen LogP contribution in [0.1, 0.15) is 26.7 Å². The molecule has 0 radical (unpaired) electrons. The molecule has 0 N–H and O–H groups in total. The number of hydrogen-bond donors (Lipinski definition) is 0. The fourth-order valence-corrected chi connectivity index (χ4v) is 3.17. The number of esters is 1. The van der Waals surface area contributed by atoms with E-state index >= 15 is 0 Å². The standard InChI is InChI=1S/C14H18F2O3Se/c1-11(7-6-10-18-12(2)17)19-14(15,16)20-13-8-4-3-5-9-13/h3-5,8-9,11H,6-7,10H2,1-2H3. The van der Waals surface area contributed by atoms with E-state index in [1.807, 2.05) is 0 Å². The third-order valence-electron chi connectivity index (χ3n) is 2.38. The van der Waals surface area contributed by atoms with Gasteiger partial charge in [-0.25, -0.2) is 0 Å². The SMILES string of the molecule is CC(=O)OCCCC(C)OC(F)(F)[Se]c1ccccc1. The average molecular weight is 351 g/mol. The fourth-order valence-electron chi connectivity index (χ4n) is 1.53. The van der Waals surface area contributed by atoms with Crippen LogP contribution < -0.4 is 4.46 Å². The zero-order chi connectivity index (χ0) is 15.0. The molecular formula is C14H18F2O3Se. The van der Waals surface area contributed by atoms with Gasteiger partial charge < -0.3 is 0 Å². The number of halogens is 2. The molecule has 20 heavy (non-hydrogen) atoms. The van der Waals surface area contributed by atoms with Crippen LogP contribution in [0.3, 0.4) is 0 Å². The first-order valence-corrected chi connectivity index (χ1v) is 8.03. The van der Waals surface area contributed by atoms with Crippen LogP contribution in [0.25, 0.3) is 0 Å². The van der Waals surface area contributed by atoms with Gasteiger partial charge >= 0.3 is 123 Å². The molecular weight excluding hydrogens is 333 g/mol. The molecule has 0 bridgehead atoms. The maximum absolute atomic E-state index is 13.7. The topological polar surface area (TPSA) is 35.5 Å². The summed E-state index contributed by atoms with van der Waals surface area (Å²) in [5.41, 5.74) is 0. The van der Waals surface area contributed by atoms with E-state index in [4.69, 9.17) is 9.47 Å². The molecule has 0 saturated carbocycles. The van der Waals surface area contributed by atoms with E-state index in [1.54, 1.807) is 37.3 Å². The second kappa shape index (κ2) is 8.35. The number of carbonyl (C=O) groups is 1. The molecule has 0 spiro atoms. The van der Waals surface area contributed by atoms with E-state index in [0.717, 1.165) is 0 Å². The van der Waals surface area contributed by atoms with E-state index < -0.39 is 26.1 Å². The summed E-state index contributed by atoms with van der Waals surface area (Å²) < 4.78 is 37.6. The van der Waals surface area contributed by atoms with Crippen molar-refractivity contribution in [2.45, 2.75) is 37.8 Å². The van der Waals surface area contributed by atoms with Crippen molar-refractivity contribution in [2.75, 3.05) is 6.61 Å². The van der Waals surface area contributed by atoms with Crippen molar-refractivity contribution in [2.24, 2.45) is 0 Å². The van der Waals surface area contributed by atoms with Crippen molar-refractivity contribution >= 4 is 25.4 Å². The second-order valence-electron chi connectivity index (χ2n) is 4.29. The van der Waals surface area contributed by atoms with Gasteiger partial charge in [-0.05, 0) is 0 Å². The van der Waals surface area contributed by atoms with Gasteiger partial charge in [-0.15, -0.1) is 0 Å². The van der Waals surface area contributed by atoms with E-state index in [0.29, 0.717) is 17.3 Å². The van der Waals surface area contributed by atoms with Gasteiger partial charge in [-0.3, -0.25) is 0 Å². The molecule has 0 aliphatic heterocycles.